The van der Waals surface area contributed by atoms with Crippen molar-refractivity contribution in [3.05, 3.63) is 0 Å². The summed E-state index contributed by atoms with van der Waals surface area (Å²) in [7, 11) is 0. The van der Waals surface area contributed by atoms with Gasteiger partial charge < -0.3 is 28.8 Å². The Labute approximate surface area is 166 Å². The minimum Gasteiger partial charge on any atom is -0.394 e. The van der Waals surface area contributed by atoms with Crippen molar-refractivity contribution in [2.24, 2.45) is 5.92 Å². The molecule has 6 nitrogen and oxygen atoms in total. The third kappa shape index (κ3) is 23.7. The molecule has 1 N–H and O–H groups in total. The van der Waals surface area contributed by atoms with Gasteiger partial charge in [0.25, 0.3) is 0 Å². The van der Waals surface area contributed by atoms with Crippen LogP contribution < -0.4 is 0 Å². The van der Waals surface area contributed by atoms with Crippen LogP contribution >= 0.6 is 0 Å². The first-order chi connectivity index (χ1) is 13.3. The Kier molecular flexibility index (Phi) is 23.6. The van der Waals surface area contributed by atoms with Gasteiger partial charge in [-0.3, -0.25) is 0 Å². The first kappa shape index (κ1) is 26.8. The molecule has 0 aliphatic rings. The topological polar surface area (TPSA) is 66.4 Å². The fourth-order valence-electron chi connectivity index (χ4n) is 2.63. The van der Waals surface area contributed by atoms with Crippen LogP contribution in [0.25, 0.3) is 0 Å². The van der Waals surface area contributed by atoms with Gasteiger partial charge in [0.05, 0.1) is 66.1 Å². The molecule has 0 rings (SSSR count). The lowest BCUT2D eigenvalue weighted by Gasteiger charge is -2.11. The zero-order chi connectivity index (χ0) is 19.8. The van der Waals surface area contributed by atoms with Gasteiger partial charge >= 0.3 is 0 Å². The van der Waals surface area contributed by atoms with Crippen LogP contribution in [0.4, 0.5) is 0 Å². The van der Waals surface area contributed by atoms with Crippen LogP contribution in [0.2, 0.25) is 0 Å². The summed E-state index contributed by atoms with van der Waals surface area (Å²) in [5.41, 5.74) is 0. The molecule has 27 heavy (non-hydrogen) atoms. The van der Waals surface area contributed by atoms with Gasteiger partial charge in [-0.2, -0.15) is 0 Å². The smallest absolute Gasteiger partial charge is 0.0701 e. The fourth-order valence-corrected chi connectivity index (χ4v) is 2.63. The van der Waals surface area contributed by atoms with Crippen LogP contribution in [0.3, 0.4) is 0 Å². The number of aliphatic hydroxyl groups excluding tert-OH is 1. The van der Waals surface area contributed by atoms with Gasteiger partial charge in [0.2, 0.25) is 0 Å². The highest BCUT2D eigenvalue weighted by Crippen LogP contribution is 2.15. The Bertz CT molecular complexity index is 265. The second-order valence-corrected chi connectivity index (χ2v) is 6.88. The van der Waals surface area contributed by atoms with E-state index < -0.39 is 0 Å². The van der Waals surface area contributed by atoms with Gasteiger partial charge in [0.15, 0.2) is 0 Å². The van der Waals surface area contributed by atoms with Crippen molar-refractivity contribution < 1.29 is 28.8 Å². The van der Waals surface area contributed by atoms with E-state index in [-0.39, 0.29) is 6.61 Å². The van der Waals surface area contributed by atoms with Crippen molar-refractivity contribution in [1.82, 2.24) is 0 Å². The molecular formula is C21H44O6. The van der Waals surface area contributed by atoms with Crippen LogP contribution in [-0.2, 0) is 23.7 Å². The van der Waals surface area contributed by atoms with E-state index in [4.69, 9.17) is 28.8 Å². The third-order valence-electron chi connectivity index (χ3n) is 4.26. The first-order valence-corrected chi connectivity index (χ1v) is 10.8. The summed E-state index contributed by atoms with van der Waals surface area (Å²) in [5.74, 6) is 0.852. The maximum atomic E-state index is 8.53. The highest BCUT2D eigenvalue weighted by molar-refractivity contribution is 4.54. The van der Waals surface area contributed by atoms with E-state index in [0.29, 0.717) is 59.5 Å². The summed E-state index contributed by atoms with van der Waals surface area (Å²) in [6.07, 6.45) is 9.15. The Morgan fingerprint density at radius 2 is 0.963 bits per heavy atom. The molecule has 0 aromatic rings. The van der Waals surface area contributed by atoms with Crippen molar-refractivity contribution in [3.8, 4) is 0 Å². The largest absolute Gasteiger partial charge is 0.394 e. The summed E-state index contributed by atoms with van der Waals surface area (Å²) in [6.45, 7) is 10.4. The van der Waals surface area contributed by atoms with Crippen LogP contribution in [-0.4, -0.2) is 77.8 Å². The van der Waals surface area contributed by atoms with Crippen LogP contribution in [0, 0.1) is 5.92 Å². The molecule has 0 fully saturated rings. The van der Waals surface area contributed by atoms with Gasteiger partial charge in [-0.15, -0.1) is 0 Å². The lowest BCUT2D eigenvalue weighted by atomic mass is 9.97. The standard InChI is InChI=1S/C21H44O6/c1-3-4-5-8-21(2)9-6-7-11-23-13-15-25-17-19-27-20-18-26-16-14-24-12-10-22/h21-22H,3-20H2,1-2H3. The highest BCUT2D eigenvalue weighted by Gasteiger charge is 2.01. The summed E-state index contributed by atoms with van der Waals surface area (Å²) in [6, 6.07) is 0. The molecule has 6 heteroatoms. The van der Waals surface area contributed by atoms with Crippen molar-refractivity contribution in [2.75, 3.05) is 72.7 Å². The maximum Gasteiger partial charge on any atom is 0.0701 e. The molecule has 0 amide bonds. The van der Waals surface area contributed by atoms with Gasteiger partial charge in [0.1, 0.15) is 0 Å². The number of hydrogen-bond donors (Lipinski definition) is 1. The molecule has 1 atom stereocenters. The zero-order valence-corrected chi connectivity index (χ0v) is 17.8. The average Bonchev–Trinajstić information content (AvgIpc) is 2.67. The number of hydrogen-bond acceptors (Lipinski definition) is 6. The Balaban J connectivity index is 3.05. The molecule has 0 bridgehead atoms. The SMILES string of the molecule is CCCCCC(C)CCCCOCCOCCOCCOCCOCCO. The van der Waals surface area contributed by atoms with Crippen molar-refractivity contribution in [1.29, 1.82) is 0 Å². The summed E-state index contributed by atoms with van der Waals surface area (Å²) in [4.78, 5) is 0. The van der Waals surface area contributed by atoms with Crippen molar-refractivity contribution >= 4 is 0 Å². The zero-order valence-electron chi connectivity index (χ0n) is 17.8. The summed E-state index contributed by atoms with van der Waals surface area (Å²) in [5, 5.41) is 8.53. The van der Waals surface area contributed by atoms with E-state index in [1.165, 1.54) is 38.5 Å². The monoisotopic (exact) mass is 392 g/mol. The van der Waals surface area contributed by atoms with E-state index in [0.717, 1.165) is 18.9 Å². The quantitative estimate of drug-likeness (QED) is 0.269. The Morgan fingerprint density at radius 1 is 0.556 bits per heavy atom. The first-order valence-electron chi connectivity index (χ1n) is 10.8. The Morgan fingerprint density at radius 3 is 1.41 bits per heavy atom. The van der Waals surface area contributed by atoms with E-state index in [9.17, 15) is 0 Å². The lowest BCUT2D eigenvalue weighted by Crippen LogP contribution is -2.13. The second-order valence-electron chi connectivity index (χ2n) is 6.88. The normalized spacial score (nSPS) is 12.6. The summed E-state index contributed by atoms with van der Waals surface area (Å²) < 4.78 is 26.9. The van der Waals surface area contributed by atoms with E-state index in [1.807, 2.05) is 0 Å². The maximum absolute atomic E-state index is 8.53. The van der Waals surface area contributed by atoms with Crippen molar-refractivity contribution in [2.45, 2.75) is 58.8 Å². The molecule has 0 aromatic carbocycles. The van der Waals surface area contributed by atoms with Crippen LogP contribution in [0.1, 0.15) is 58.8 Å². The second kappa shape index (κ2) is 23.8. The molecule has 164 valence electrons. The molecule has 0 saturated heterocycles. The molecule has 0 aliphatic carbocycles. The highest BCUT2D eigenvalue weighted by atomic mass is 16.6. The van der Waals surface area contributed by atoms with Gasteiger partial charge in [-0.25, -0.2) is 0 Å². The van der Waals surface area contributed by atoms with Crippen molar-refractivity contribution in [3.63, 3.8) is 0 Å². The number of unbranched alkanes of at least 4 members (excludes halogenated alkanes) is 3. The number of aliphatic hydroxyl groups is 1. The van der Waals surface area contributed by atoms with Gasteiger partial charge in [-0.05, 0) is 12.3 Å². The van der Waals surface area contributed by atoms with Gasteiger partial charge in [0, 0.05) is 6.61 Å². The molecule has 0 spiro atoms. The van der Waals surface area contributed by atoms with Gasteiger partial charge in [-0.1, -0.05) is 52.4 Å². The van der Waals surface area contributed by atoms with Crippen LogP contribution in [0.15, 0.2) is 0 Å². The minimum atomic E-state index is 0.0482. The molecule has 0 aromatic heterocycles. The lowest BCUT2D eigenvalue weighted by molar-refractivity contribution is -0.0134. The number of ether oxygens (including phenoxy) is 5. The molecule has 0 aliphatic heterocycles. The number of rotatable bonds is 23. The van der Waals surface area contributed by atoms with E-state index >= 15 is 0 Å². The fraction of sp³-hybridized carbons (Fsp3) is 1.00. The molecule has 0 heterocycles. The average molecular weight is 393 g/mol. The molecule has 1 unspecified atom stereocenters. The molecule has 0 radical (unpaired) electrons. The third-order valence-corrected chi connectivity index (χ3v) is 4.26. The molecule has 0 saturated carbocycles. The van der Waals surface area contributed by atoms with E-state index in [1.54, 1.807) is 0 Å². The minimum absolute atomic E-state index is 0.0482. The predicted octanol–water partition coefficient (Wildman–Crippen LogP) is 3.45. The van der Waals surface area contributed by atoms with Crippen LogP contribution in [0.5, 0.6) is 0 Å². The van der Waals surface area contributed by atoms with E-state index in [2.05, 4.69) is 13.8 Å². The summed E-state index contributed by atoms with van der Waals surface area (Å²) >= 11 is 0. The predicted molar refractivity (Wildman–Crippen MR) is 108 cm³/mol. The molecular weight excluding hydrogens is 348 g/mol. The Hall–Kier alpha value is -0.240.